The molecule has 162 valence electrons. The van der Waals surface area contributed by atoms with E-state index in [1.165, 1.54) is 24.3 Å². The summed E-state index contributed by atoms with van der Waals surface area (Å²) in [5, 5.41) is 2.80. The standard InChI is InChI=1S/C24H25FN2O3S/c1-17-7-13-23(14-8-17)31(29,30)27(22-6-4-5-18(2)15-22)16-24(28)26-19(3)20-9-11-21(25)12-10-20/h4-15,19H,16H2,1-3H3,(H,26,28). The number of halogens is 1. The van der Waals surface area contributed by atoms with Gasteiger partial charge in [0.15, 0.2) is 0 Å². The van der Waals surface area contributed by atoms with E-state index in [1.807, 2.05) is 19.9 Å². The quantitative estimate of drug-likeness (QED) is 0.588. The fourth-order valence-electron chi connectivity index (χ4n) is 3.19. The van der Waals surface area contributed by atoms with Crippen LogP contribution in [0.4, 0.5) is 10.1 Å². The summed E-state index contributed by atoms with van der Waals surface area (Å²) < 4.78 is 41.0. The largest absolute Gasteiger partial charge is 0.348 e. The summed E-state index contributed by atoms with van der Waals surface area (Å²) in [4.78, 5) is 12.9. The van der Waals surface area contributed by atoms with Gasteiger partial charge in [0.1, 0.15) is 12.4 Å². The molecule has 31 heavy (non-hydrogen) atoms. The van der Waals surface area contributed by atoms with Gasteiger partial charge in [-0.25, -0.2) is 12.8 Å². The third-order valence-electron chi connectivity index (χ3n) is 4.93. The maximum atomic E-state index is 13.4. The van der Waals surface area contributed by atoms with Crippen molar-refractivity contribution in [1.82, 2.24) is 5.32 Å². The van der Waals surface area contributed by atoms with E-state index < -0.39 is 22.0 Å². The van der Waals surface area contributed by atoms with Crippen molar-refractivity contribution < 1.29 is 17.6 Å². The summed E-state index contributed by atoms with van der Waals surface area (Å²) in [5.74, 6) is -0.828. The summed E-state index contributed by atoms with van der Waals surface area (Å²) in [5.41, 5.74) is 2.94. The van der Waals surface area contributed by atoms with E-state index in [1.54, 1.807) is 49.4 Å². The molecule has 3 rings (SSSR count). The smallest absolute Gasteiger partial charge is 0.264 e. The number of nitrogens with one attached hydrogen (secondary N) is 1. The van der Waals surface area contributed by atoms with Crippen molar-refractivity contribution in [3.63, 3.8) is 0 Å². The highest BCUT2D eigenvalue weighted by Gasteiger charge is 2.27. The van der Waals surface area contributed by atoms with Gasteiger partial charge in [-0.1, -0.05) is 42.0 Å². The first-order chi connectivity index (χ1) is 14.7. The van der Waals surface area contributed by atoms with Gasteiger partial charge in [0.25, 0.3) is 10.0 Å². The van der Waals surface area contributed by atoms with E-state index in [9.17, 15) is 17.6 Å². The molecule has 3 aromatic rings. The fourth-order valence-corrected chi connectivity index (χ4v) is 4.60. The van der Waals surface area contributed by atoms with Crippen molar-refractivity contribution >= 4 is 21.6 Å². The van der Waals surface area contributed by atoms with E-state index in [-0.39, 0.29) is 17.3 Å². The lowest BCUT2D eigenvalue weighted by Crippen LogP contribution is -2.41. The number of nitrogens with zero attached hydrogens (tertiary/aromatic N) is 1. The third-order valence-corrected chi connectivity index (χ3v) is 6.72. The third kappa shape index (κ3) is 5.49. The maximum absolute atomic E-state index is 13.4. The Balaban J connectivity index is 1.89. The Morgan fingerprint density at radius 1 is 0.968 bits per heavy atom. The van der Waals surface area contributed by atoms with Gasteiger partial charge in [-0.3, -0.25) is 9.10 Å². The minimum atomic E-state index is -3.97. The van der Waals surface area contributed by atoms with Crippen LogP contribution in [0.3, 0.4) is 0 Å². The van der Waals surface area contributed by atoms with Crippen LogP contribution in [0.5, 0.6) is 0 Å². The van der Waals surface area contributed by atoms with Crippen molar-refractivity contribution in [2.24, 2.45) is 0 Å². The molecule has 1 N–H and O–H groups in total. The molecule has 0 bridgehead atoms. The summed E-state index contributed by atoms with van der Waals surface area (Å²) in [6, 6.07) is 18.9. The maximum Gasteiger partial charge on any atom is 0.264 e. The van der Waals surface area contributed by atoms with Crippen LogP contribution >= 0.6 is 0 Å². The first kappa shape index (κ1) is 22.5. The Kier molecular flexibility index (Phi) is 6.75. The van der Waals surface area contributed by atoms with Crippen LogP contribution in [0.25, 0.3) is 0 Å². The van der Waals surface area contributed by atoms with Gasteiger partial charge in [0.05, 0.1) is 16.6 Å². The number of anilines is 1. The van der Waals surface area contributed by atoms with Crippen molar-refractivity contribution in [2.45, 2.75) is 31.7 Å². The Morgan fingerprint density at radius 3 is 2.23 bits per heavy atom. The fraction of sp³-hybridized carbons (Fsp3) is 0.208. The number of amides is 1. The van der Waals surface area contributed by atoms with Crippen LogP contribution in [-0.4, -0.2) is 20.9 Å². The van der Waals surface area contributed by atoms with Gasteiger partial charge in [-0.15, -0.1) is 0 Å². The normalized spacial score (nSPS) is 12.3. The molecule has 1 amide bonds. The number of benzene rings is 3. The number of hydrogen-bond acceptors (Lipinski definition) is 3. The first-order valence-electron chi connectivity index (χ1n) is 9.88. The SMILES string of the molecule is Cc1ccc(S(=O)(=O)N(CC(=O)NC(C)c2ccc(F)cc2)c2cccc(C)c2)cc1. The zero-order valence-electron chi connectivity index (χ0n) is 17.7. The minimum Gasteiger partial charge on any atom is -0.348 e. The molecule has 0 saturated heterocycles. The average Bonchev–Trinajstić information content (AvgIpc) is 2.72. The molecule has 0 aliphatic heterocycles. The Labute approximate surface area is 182 Å². The number of sulfonamides is 1. The second-order valence-corrected chi connectivity index (χ2v) is 9.37. The van der Waals surface area contributed by atoms with E-state index in [0.717, 1.165) is 21.0 Å². The van der Waals surface area contributed by atoms with E-state index >= 15 is 0 Å². The lowest BCUT2D eigenvalue weighted by atomic mass is 10.1. The van der Waals surface area contributed by atoms with Crippen LogP contribution < -0.4 is 9.62 Å². The monoisotopic (exact) mass is 440 g/mol. The lowest BCUT2D eigenvalue weighted by molar-refractivity contribution is -0.120. The molecule has 0 saturated carbocycles. The van der Waals surface area contributed by atoms with Gasteiger partial charge in [0.2, 0.25) is 5.91 Å². The summed E-state index contributed by atoms with van der Waals surface area (Å²) in [6.07, 6.45) is 0. The van der Waals surface area contributed by atoms with E-state index in [0.29, 0.717) is 5.69 Å². The number of rotatable bonds is 7. The van der Waals surface area contributed by atoms with Gasteiger partial charge >= 0.3 is 0 Å². The molecule has 0 aromatic heterocycles. The van der Waals surface area contributed by atoms with Crippen LogP contribution in [0, 0.1) is 19.7 Å². The molecule has 5 nitrogen and oxygen atoms in total. The second kappa shape index (κ2) is 9.31. The number of aryl methyl sites for hydroxylation is 2. The summed E-state index contributed by atoms with van der Waals surface area (Å²) in [6.45, 7) is 5.11. The highest BCUT2D eigenvalue weighted by atomic mass is 32.2. The van der Waals surface area contributed by atoms with Gasteiger partial charge in [0, 0.05) is 0 Å². The Morgan fingerprint density at radius 2 is 1.61 bits per heavy atom. The highest BCUT2D eigenvalue weighted by Crippen LogP contribution is 2.25. The Hall–Kier alpha value is -3.19. The van der Waals surface area contributed by atoms with Gasteiger partial charge < -0.3 is 5.32 Å². The minimum absolute atomic E-state index is 0.110. The molecule has 3 aromatic carbocycles. The van der Waals surface area contributed by atoms with Crippen molar-refractivity contribution in [3.8, 4) is 0 Å². The van der Waals surface area contributed by atoms with Crippen LogP contribution in [0.15, 0.2) is 77.7 Å². The first-order valence-corrected chi connectivity index (χ1v) is 11.3. The lowest BCUT2D eigenvalue weighted by Gasteiger charge is -2.25. The molecule has 0 fully saturated rings. The predicted octanol–water partition coefficient (Wildman–Crippen LogP) is 4.52. The summed E-state index contributed by atoms with van der Waals surface area (Å²) in [7, 11) is -3.97. The molecular formula is C24H25FN2O3S. The Bertz CT molecular complexity index is 1160. The molecule has 0 aliphatic rings. The topological polar surface area (TPSA) is 66.5 Å². The molecule has 1 unspecified atom stereocenters. The van der Waals surface area contributed by atoms with Gasteiger partial charge in [-0.05, 0) is 68.3 Å². The van der Waals surface area contributed by atoms with Crippen molar-refractivity contribution in [3.05, 3.63) is 95.3 Å². The van der Waals surface area contributed by atoms with Crippen LogP contribution in [-0.2, 0) is 14.8 Å². The number of carbonyl (C=O) groups excluding carboxylic acids is 1. The van der Waals surface area contributed by atoms with Crippen LogP contribution in [0.1, 0.15) is 29.7 Å². The molecule has 0 aliphatic carbocycles. The predicted molar refractivity (Wildman–Crippen MR) is 120 cm³/mol. The molecular weight excluding hydrogens is 415 g/mol. The summed E-state index contributed by atoms with van der Waals surface area (Å²) >= 11 is 0. The molecule has 0 heterocycles. The highest BCUT2D eigenvalue weighted by molar-refractivity contribution is 7.92. The second-order valence-electron chi connectivity index (χ2n) is 7.50. The number of hydrogen-bond donors (Lipinski definition) is 1. The van der Waals surface area contributed by atoms with Crippen LogP contribution in [0.2, 0.25) is 0 Å². The molecule has 0 radical (unpaired) electrons. The van der Waals surface area contributed by atoms with E-state index in [2.05, 4.69) is 5.32 Å². The zero-order chi connectivity index (χ0) is 22.6. The average molecular weight is 441 g/mol. The van der Waals surface area contributed by atoms with Crippen molar-refractivity contribution in [1.29, 1.82) is 0 Å². The molecule has 0 spiro atoms. The molecule has 1 atom stereocenters. The van der Waals surface area contributed by atoms with E-state index in [4.69, 9.17) is 0 Å². The zero-order valence-corrected chi connectivity index (χ0v) is 18.5. The van der Waals surface area contributed by atoms with Gasteiger partial charge in [-0.2, -0.15) is 0 Å². The number of carbonyl (C=O) groups is 1. The van der Waals surface area contributed by atoms with Crippen molar-refractivity contribution in [2.75, 3.05) is 10.8 Å². The molecule has 7 heteroatoms.